The average Bonchev–Trinajstić information content (AvgIpc) is 3.30. The van der Waals surface area contributed by atoms with Crippen molar-refractivity contribution in [1.82, 2.24) is 15.0 Å². The Labute approximate surface area is 366 Å². The minimum Gasteiger partial charge on any atom is -0.497 e. The highest BCUT2D eigenvalue weighted by Gasteiger charge is 2.14. The molecule has 4 aromatic carbocycles. The van der Waals surface area contributed by atoms with Crippen molar-refractivity contribution >= 4 is 17.5 Å². The molecular weight excluding hydrogens is 759 g/mol. The topological polar surface area (TPSA) is 82.1 Å². The van der Waals surface area contributed by atoms with Gasteiger partial charge in [-0.1, -0.05) is 119 Å². The van der Waals surface area contributed by atoms with Crippen molar-refractivity contribution in [3.63, 3.8) is 0 Å². The second kappa shape index (κ2) is 25.9. The minimum absolute atomic E-state index is 0.669. The van der Waals surface area contributed by atoms with Crippen molar-refractivity contribution in [3.05, 3.63) is 109 Å². The molecule has 0 saturated heterocycles. The van der Waals surface area contributed by atoms with Gasteiger partial charge in [-0.25, -0.2) is 0 Å². The number of benzene rings is 4. The first-order valence-electron chi connectivity index (χ1n) is 22.4. The highest BCUT2D eigenvalue weighted by molar-refractivity contribution is 5.66. The van der Waals surface area contributed by atoms with E-state index in [9.17, 15) is 0 Å². The van der Waals surface area contributed by atoms with Crippen molar-refractivity contribution in [1.29, 1.82) is 0 Å². The monoisotopic (exact) mass is 828 g/mol. The van der Waals surface area contributed by atoms with E-state index in [-0.39, 0.29) is 0 Å². The third-order valence-electron chi connectivity index (χ3n) is 11.0. The molecule has 0 radical (unpaired) electrons. The summed E-state index contributed by atoms with van der Waals surface area (Å²) in [5.41, 5.74) is 5.54. The number of ether oxygens (including phenoxy) is 4. The summed E-state index contributed by atoms with van der Waals surface area (Å²) in [7, 11) is 7.54. The molecule has 0 saturated carbocycles. The third kappa shape index (κ3) is 16.1. The molecule has 0 aliphatic carbocycles. The Kier molecular flexibility index (Phi) is 19.8. The van der Waals surface area contributed by atoms with Crippen LogP contribution in [0.1, 0.15) is 103 Å². The fourth-order valence-corrected chi connectivity index (χ4v) is 7.19. The lowest BCUT2D eigenvalue weighted by molar-refractivity contribution is 0.304. The highest BCUT2D eigenvalue weighted by Crippen LogP contribution is 2.27. The summed E-state index contributed by atoms with van der Waals surface area (Å²) in [5, 5.41) is 0. The van der Waals surface area contributed by atoms with Gasteiger partial charge in [-0.05, 0) is 109 Å². The van der Waals surface area contributed by atoms with Gasteiger partial charge >= 0.3 is 0 Å². The number of allylic oxidation sites excluding steroid dienone is 1. The van der Waals surface area contributed by atoms with Gasteiger partial charge in [0.1, 0.15) is 23.0 Å². The molecule has 0 fully saturated rings. The van der Waals surface area contributed by atoms with Gasteiger partial charge in [0.15, 0.2) is 5.82 Å². The van der Waals surface area contributed by atoms with Crippen LogP contribution in [0.15, 0.2) is 104 Å². The van der Waals surface area contributed by atoms with E-state index in [2.05, 4.69) is 103 Å². The first-order valence-corrected chi connectivity index (χ1v) is 22.4. The van der Waals surface area contributed by atoms with Crippen LogP contribution in [-0.4, -0.2) is 69.6 Å². The summed E-state index contributed by atoms with van der Waals surface area (Å²) in [6.07, 6.45) is 16.6. The van der Waals surface area contributed by atoms with Crippen molar-refractivity contribution < 1.29 is 18.9 Å². The largest absolute Gasteiger partial charge is 0.497 e. The lowest BCUT2D eigenvalue weighted by atomic mass is 10.1. The van der Waals surface area contributed by atoms with Crippen LogP contribution in [0.25, 0.3) is 27.8 Å². The summed E-state index contributed by atoms with van der Waals surface area (Å²) in [5.74, 6) is 5.70. The Hall–Kier alpha value is -5.57. The number of methoxy groups -OCH3 is 2. The zero-order valence-corrected chi connectivity index (χ0v) is 37.5. The van der Waals surface area contributed by atoms with E-state index in [0.29, 0.717) is 5.82 Å². The van der Waals surface area contributed by atoms with Gasteiger partial charge in [-0.3, -0.25) is 0 Å². The molecule has 0 aliphatic heterocycles. The van der Waals surface area contributed by atoms with E-state index >= 15 is 0 Å². The molecular formula is C52H69N5O4. The lowest BCUT2D eigenvalue weighted by Gasteiger charge is -2.22. The number of nitrogens with zero attached hydrogens (tertiary/aromatic N) is 5. The van der Waals surface area contributed by atoms with E-state index in [1.54, 1.807) is 14.2 Å². The predicted octanol–water partition coefficient (Wildman–Crippen LogP) is 12.7. The molecule has 61 heavy (non-hydrogen) atoms. The van der Waals surface area contributed by atoms with E-state index in [1.807, 2.05) is 31.2 Å². The Bertz CT molecular complexity index is 1850. The smallest absolute Gasteiger partial charge is 0.230 e. The predicted molar refractivity (Wildman–Crippen MR) is 254 cm³/mol. The first kappa shape index (κ1) is 46.5. The van der Waals surface area contributed by atoms with E-state index < -0.39 is 0 Å². The summed E-state index contributed by atoms with van der Waals surface area (Å²) >= 11 is 0. The van der Waals surface area contributed by atoms with Crippen molar-refractivity contribution in [2.24, 2.45) is 0 Å². The molecule has 9 nitrogen and oxygen atoms in total. The molecule has 9 heteroatoms. The molecule has 5 rings (SSSR count). The standard InChI is InChI=1S/C52H69N5O4/c1-41(2)50-53-51(56(3)37-17-13-9-7-11-15-19-39-60-48-33-25-44(26-34-48)42-21-29-46(58-5)30-22-42)55-52(54-50)57(4)38-18-14-10-8-12-16-20-40-61-49-35-27-45(28-36-49)43-23-31-47(59-6)32-24-43/h21-36H,1,7-20,37-40H2,2-6H3. The van der Waals surface area contributed by atoms with Gasteiger partial charge in [0.2, 0.25) is 11.9 Å². The zero-order valence-electron chi connectivity index (χ0n) is 37.5. The first-order chi connectivity index (χ1) is 29.8. The van der Waals surface area contributed by atoms with Crippen molar-refractivity contribution in [2.75, 3.05) is 64.4 Å². The van der Waals surface area contributed by atoms with Gasteiger partial charge in [0.25, 0.3) is 0 Å². The minimum atomic E-state index is 0.669. The van der Waals surface area contributed by atoms with Crippen LogP contribution in [0.4, 0.5) is 11.9 Å². The van der Waals surface area contributed by atoms with Crippen LogP contribution in [0.2, 0.25) is 0 Å². The van der Waals surface area contributed by atoms with Crippen LogP contribution in [0.3, 0.4) is 0 Å². The van der Waals surface area contributed by atoms with Crippen LogP contribution in [0, 0.1) is 0 Å². The Morgan fingerprint density at radius 1 is 0.426 bits per heavy atom. The van der Waals surface area contributed by atoms with Gasteiger partial charge in [0, 0.05) is 27.2 Å². The Morgan fingerprint density at radius 2 is 0.721 bits per heavy atom. The summed E-state index contributed by atoms with van der Waals surface area (Å²) in [6.45, 7) is 9.43. The maximum absolute atomic E-state index is 6.01. The molecule has 0 atom stereocenters. The SMILES string of the molecule is C=C(C)c1nc(N(C)CCCCCCCCCOc2ccc(-c3ccc(OC)cc3)cc2)nc(N(C)CCCCCCCCCOc2ccc(-c3ccc(OC)cc3)cc2)n1. The molecule has 0 unspecified atom stereocenters. The zero-order chi connectivity index (χ0) is 43.1. The Morgan fingerprint density at radius 3 is 1.03 bits per heavy atom. The summed E-state index contributed by atoms with van der Waals surface area (Å²) in [4.78, 5) is 18.7. The maximum atomic E-state index is 6.01. The van der Waals surface area contributed by atoms with Crippen LogP contribution in [-0.2, 0) is 0 Å². The van der Waals surface area contributed by atoms with Crippen molar-refractivity contribution in [2.45, 2.75) is 96.8 Å². The summed E-state index contributed by atoms with van der Waals surface area (Å²) < 4.78 is 22.5. The molecule has 326 valence electrons. The molecule has 0 spiro atoms. The molecule has 0 bridgehead atoms. The normalized spacial score (nSPS) is 11.0. The van der Waals surface area contributed by atoms with Gasteiger partial charge < -0.3 is 28.7 Å². The summed E-state index contributed by atoms with van der Waals surface area (Å²) in [6, 6.07) is 32.9. The molecule has 5 aromatic rings. The number of hydrogen-bond donors (Lipinski definition) is 0. The van der Waals surface area contributed by atoms with Crippen LogP contribution < -0.4 is 28.7 Å². The van der Waals surface area contributed by atoms with Gasteiger partial charge in [-0.2, -0.15) is 15.0 Å². The molecule has 1 heterocycles. The van der Waals surface area contributed by atoms with Crippen LogP contribution in [0.5, 0.6) is 23.0 Å². The second-order valence-corrected chi connectivity index (χ2v) is 16.0. The maximum Gasteiger partial charge on any atom is 0.230 e. The molecule has 0 aliphatic rings. The average molecular weight is 828 g/mol. The number of hydrogen-bond acceptors (Lipinski definition) is 9. The lowest BCUT2D eigenvalue weighted by Crippen LogP contribution is -2.26. The van der Waals surface area contributed by atoms with E-state index in [0.717, 1.165) is 92.5 Å². The fraction of sp³-hybridized carbons (Fsp3) is 0.442. The highest BCUT2D eigenvalue weighted by atomic mass is 16.5. The third-order valence-corrected chi connectivity index (χ3v) is 11.0. The number of unbranched alkanes of at least 4 members (excludes halogenated alkanes) is 12. The molecule has 1 aromatic heterocycles. The quantitative estimate of drug-likeness (QED) is 0.0438. The van der Waals surface area contributed by atoms with Crippen LogP contribution >= 0.6 is 0 Å². The number of anilines is 2. The number of rotatable bonds is 29. The second-order valence-electron chi connectivity index (χ2n) is 16.0. The van der Waals surface area contributed by atoms with Gasteiger partial charge in [-0.15, -0.1) is 0 Å². The number of aromatic nitrogens is 3. The van der Waals surface area contributed by atoms with E-state index in [4.69, 9.17) is 33.9 Å². The Balaban J connectivity index is 0.881. The molecule has 0 amide bonds. The molecule has 0 N–H and O–H groups in total. The van der Waals surface area contributed by atoms with E-state index in [1.165, 1.54) is 86.5 Å². The van der Waals surface area contributed by atoms with Gasteiger partial charge in [0.05, 0.1) is 27.4 Å². The van der Waals surface area contributed by atoms with Crippen molar-refractivity contribution in [3.8, 4) is 45.3 Å². The fourth-order valence-electron chi connectivity index (χ4n) is 7.19.